The lowest BCUT2D eigenvalue weighted by molar-refractivity contribution is 0.0600. The number of rotatable bonds is 2. The number of nitriles is 1. The first-order chi connectivity index (χ1) is 7.13. The third-order valence-electron chi connectivity index (χ3n) is 1.90. The van der Waals surface area contributed by atoms with Crippen molar-refractivity contribution in [3.05, 3.63) is 28.8 Å². The molecule has 0 fully saturated rings. The monoisotopic (exact) mass is 207 g/mol. The minimum atomic E-state index is -0.624. The zero-order valence-corrected chi connectivity index (χ0v) is 8.02. The van der Waals surface area contributed by atoms with Crippen molar-refractivity contribution in [3.8, 4) is 11.8 Å². The molecular formula is C10H9NO4. The number of aromatic hydroxyl groups is 1. The van der Waals surface area contributed by atoms with Crippen LogP contribution in [0.3, 0.4) is 0 Å². The average Bonchev–Trinajstić information content (AvgIpc) is 2.28. The maximum Gasteiger partial charge on any atom is 0.337 e. The zero-order chi connectivity index (χ0) is 11.4. The Kier molecular flexibility index (Phi) is 3.26. The highest BCUT2D eigenvalue weighted by Gasteiger charge is 2.13. The molecule has 1 aromatic carbocycles. The number of benzene rings is 1. The van der Waals surface area contributed by atoms with Crippen LogP contribution in [-0.4, -0.2) is 23.3 Å². The number of hydrogen-bond acceptors (Lipinski definition) is 5. The Morgan fingerprint density at radius 2 is 2.27 bits per heavy atom. The van der Waals surface area contributed by atoms with Crippen molar-refractivity contribution in [1.29, 1.82) is 5.26 Å². The van der Waals surface area contributed by atoms with Crippen LogP contribution >= 0.6 is 0 Å². The summed E-state index contributed by atoms with van der Waals surface area (Å²) in [4.78, 5) is 11.2. The molecule has 5 heteroatoms. The van der Waals surface area contributed by atoms with Gasteiger partial charge in [-0.3, -0.25) is 0 Å². The van der Waals surface area contributed by atoms with E-state index >= 15 is 0 Å². The Morgan fingerprint density at radius 3 is 2.73 bits per heavy atom. The van der Waals surface area contributed by atoms with Crippen molar-refractivity contribution in [2.45, 2.75) is 6.61 Å². The van der Waals surface area contributed by atoms with Gasteiger partial charge in [0.2, 0.25) is 0 Å². The summed E-state index contributed by atoms with van der Waals surface area (Å²) in [7, 11) is 1.21. The summed E-state index contributed by atoms with van der Waals surface area (Å²) < 4.78 is 4.46. The Morgan fingerprint density at radius 1 is 1.60 bits per heavy atom. The van der Waals surface area contributed by atoms with E-state index < -0.39 is 12.6 Å². The van der Waals surface area contributed by atoms with Gasteiger partial charge in [-0.1, -0.05) is 0 Å². The van der Waals surface area contributed by atoms with Crippen molar-refractivity contribution in [2.75, 3.05) is 7.11 Å². The number of carbonyl (C=O) groups excluding carboxylic acids is 1. The van der Waals surface area contributed by atoms with E-state index in [1.54, 1.807) is 6.07 Å². The first-order valence-electron chi connectivity index (χ1n) is 4.09. The number of esters is 1. The van der Waals surface area contributed by atoms with Crippen LogP contribution in [0.4, 0.5) is 0 Å². The summed E-state index contributed by atoms with van der Waals surface area (Å²) in [6, 6.07) is 4.21. The van der Waals surface area contributed by atoms with Crippen molar-refractivity contribution < 1.29 is 19.7 Å². The lowest BCUT2D eigenvalue weighted by atomic mass is 10.1. The highest BCUT2D eigenvalue weighted by Crippen LogP contribution is 2.24. The minimum Gasteiger partial charge on any atom is -0.506 e. The molecule has 0 atom stereocenters. The van der Waals surface area contributed by atoms with Crippen LogP contribution < -0.4 is 0 Å². The van der Waals surface area contributed by atoms with Crippen LogP contribution in [0, 0.1) is 11.3 Å². The Bertz CT molecular complexity index is 434. The Hall–Kier alpha value is -2.06. The molecule has 0 bridgehead atoms. The van der Waals surface area contributed by atoms with Crippen LogP contribution in [0.5, 0.6) is 5.75 Å². The number of hydrogen-bond donors (Lipinski definition) is 2. The van der Waals surface area contributed by atoms with Gasteiger partial charge in [-0.2, -0.15) is 5.26 Å². The summed E-state index contributed by atoms with van der Waals surface area (Å²) in [5.74, 6) is -0.936. The fourth-order valence-electron chi connectivity index (χ4n) is 1.14. The molecule has 0 spiro atoms. The van der Waals surface area contributed by atoms with Crippen LogP contribution in [0.2, 0.25) is 0 Å². The summed E-state index contributed by atoms with van der Waals surface area (Å²) in [5.41, 5.74) is 0.173. The molecule has 0 aliphatic rings. The molecule has 0 saturated heterocycles. The largest absolute Gasteiger partial charge is 0.506 e. The lowest BCUT2D eigenvalue weighted by Gasteiger charge is -2.06. The third kappa shape index (κ3) is 2.06. The number of aliphatic hydroxyl groups excluding tert-OH is 1. The summed E-state index contributed by atoms with van der Waals surface area (Å²) in [5, 5.41) is 27.0. The lowest BCUT2D eigenvalue weighted by Crippen LogP contribution is -2.03. The van der Waals surface area contributed by atoms with E-state index in [2.05, 4.69) is 4.74 Å². The highest BCUT2D eigenvalue weighted by atomic mass is 16.5. The normalized spacial score (nSPS) is 9.40. The maximum absolute atomic E-state index is 11.2. The van der Waals surface area contributed by atoms with E-state index in [9.17, 15) is 9.90 Å². The molecule has 0 saturated carbocycles. The third-order valence-corrected chi connectivity index (χ3v) is 1.90. The van der Waals surface area contributed by atoms with Gasteiger partial charge in [-0.25, -0.2) is 4.79 Å². The molecule has 0 aliphatic heterocycles. The predicted octanol–water partition coefficient (Wildman–Crippen LogP) is 0.543. The van der Waals surface area contributed by atoms with E-state index in [0.717, 1.165) is 0 Å². The second-order valence-corrected chi connectivity index (χ2v) is 2.79. The summed E-state index contributed by atoms with van der Waals surface area (Å²) in [6.45, 7) is -0.453. The molecule has 2 N–H and O–H groups in total. The van der Waals surface area contributed by atoms with Gasteiger partial charge in [0.15, 0.2) is 0 Å². The van der Waals surface area contributed by atoms with Gasteiger partial charge in [0.25, 0.3) is 0 Å². The Labute approximate surface area is 86.1 Å². The summed E-state index contributed by atoms with van der Waals surface area (Å²) in [6.07, 6.45) is 0. The van der Waals surface area contributed by atoms with Crippen molar-refractivity contribution in [1.82, 2.24) is 0 Å². The molecule has 78 valence electrons. The van der Waals surface area contributed by atoms with E-state index in [0.29, 0.717) is 0 Å². The quantitative estimate of drug-likeness (QED) is 0.691. The smallest absolute Gasteiger partial charge is 0.337 e. The first kappa shape index (κ1) is 11.0. The molecule has 0 amide bonds. The predicted molar refractivity (Wildman–Crippen MR) is 50.1 cm³/mol. The van der Waals surface area contributed by atoms with Crippen molar-refractivity contribution >= 4 is 5.97 Å². The second kappa shape index (κ2) is 4.44. The van der Waals surface area contributed by atoms with Crippen LogP contribution in [0.1, 0.15) is 21.5 Å². The van der Waals surface area contributed by atoms with Gasteiger partial charge in [0, 0.05) is 5.56 Å². The maximum atomic E-state index is 11.2. The molecule has 0 unspecified atom stereocenters. The molecule has 1 aromatic rings. The summed E-state index contributed by atoms with van der Waals surface area (Å²) >= 11 is 0. The second-order valence-electron chi connectivity index (χ2n) is 2.79. The van der Waals surface area contributed by atoms with Crippen LogP contribution in [0.25, 0.3) is 0 Å². The van der Waals surface area contributed by atoms with Gasteiger partial charge in [0.05, 0.1) is 24.8 Å². The molecule has 5 nitrogen and oxygen atoms in total. The zero-order valence-electron chi connectivity index (χ0n) is 8.02. The first-order valence-corrected chi connectivity index (χ1v) is 4.09. The van der Waals surface area contributed by atoms with E-state index in [-0.39, 0.29) is 22.4 Å². The number of aliphatic hydroxyl groups is 1. The number of methoxy groups -OCH3 is 1. The number of nitrogens with zero attached hydrogens (tertiary/aromatic N) is 1. The average molecular weight is 207 g/mol. The molecule has 0 aromatic heterocycles. The SMILES string of the molecule is COC(=O)c1cc(C#N)c(O)c(CO)c1. The van der Waals surface area contributed by atoms with Gasteiger partial charge in [-0.05, 0) is 12.1 Å². The highest BCUT2D eigenvalue weighted by molar-refractivity contribution is 5.90. The number of ether oxygens (including phenoxy) is 1. The van der Waals surface area contributed by atoms with Crippen molar-refractivity contribution in [3.63, 3.8) is 0 Å². The Balaban J connectivity index is 3.34. The molecule has 0 aliphatic carbocycles. The fourth-order valence-corrected chi connectivity index (χ4v) is 1.14. The molecule has 0 heterocycles. The van der Waals surface area contributed by atoms with Crippen LogP contribution in [0.15, 0.2) is 12.1 Å². The van der Waals surface area contributed by atoms with Gasteiger partial charge in [-0.15, -0.1) is 0 Å². The van der Waals surface area contributed by atoms with E-state index in [4.69, 9.17) is 10.4 Å². The van der Waals surface area contributed by atoms with E-state index in [1.807, 2.05) is 0 Å². The number of phenols is 1. The number of carbonyl (C=O) groups is 1. The molecule has 0 radical (unpaired) electrons. The fraction of sp³-hybridized carbons (Fsp3) is 0.200. The van der Waals surface area contributed by atoms with Gasteiger partial charge < -0.3 is 14.9 Å². The van der Waals surface area contributed by atoms with Gasteiger partial charge >= 0.3 is 5.97 Å². The molecule has 15 heavy (non-hydrogen) atoms. The van der Waals surface area contributed by atoms with Crippen LogP contribution in [-0.2, 0) is 11.3 Å². The van der Waals surface area contributed by atoms with E-state index in [1.165, 1.54) is 19.2 Å². The molecular weight excluding hydrogens is 198 g/mol. The van der Waals surface area contributed by atoms with Gasteiger partial charge in [0.1, 0.15) is 11.8 Å². The van der Waals surface area contributed by atoms with Crippen molar-refractivity contribution in [2.24, 2.45) is 0 Å². The molecule has 1 rings (SSSR count). The standard InChI is InChI=1S/C10H9NO4/c1-15-10(14)6-2-7(4-11)9(13)8(3-6)5-12/h2-3,12-13H,5H2,1H3. The topological polar surface area (TPSA) is 90.6 Å². The minimum absolute atomic E-state index is 0.0676.